The molecule has 7 nitrogen and oxygen atoms in total. The molecule has 0 bridgehead atoms. The molecule has 0 aliphatic rings. The minimum atomic E-state index is -1.32. The lowest BCUT2D eigenvalue weighted by Gasteiger charge is -2.06. The summed E-state index contributed by atoms with van der Waals surface area (Å²) in [6, 6.07) is 7.67. The van der Waals surface area contributed by atoms with Gasteiger partial charge in [0, 0.05) is 11.8 Å². The predicted octanol–water partition coefficient (Wildman–Crippen LogP) is 2.21. The van der Waals surface area contributed by atoms with Crippen LogP contribution in [0.5, 0.6) is 0 Å². The van der Waals surface area contributed by atoms with E-state index in [0.717, 1.165) is 0 Å². The highest BCUT2D eigenvalue weighted by atomic mass is 19.1. The molecule has 1 aromatic carbocycles. The molecule has 0 atom stereocenters. The van der Waals surface area contributed by atoms with Crippen molar-refractivity contribution in [2.45, 2.75) is 0 Å². The number of aromatic nitrogens is 3. The molecule has 0 fully saturated rings. The van der Waals surface area contributed by atoms with Gasteiger partial charge in [-0.1, -0.05) is 6.07 Å². The van der Waals surface area contributed by atoms with Gasteiger partial charge in [-0.25, -0.2) is 13.7 Å². The molecule has 2 aromatic heterocycles. The molecule has 3 aromatic rings. The summed E-state index contributed by atoms with van der Waals surface area (Å²) in [6.45, 7) is 0. The molecule has 0 aliphatic heterocycles. The van der Waals surface area contributed by atoms with Crippen LogP contribution in [0.1, 0.15) is 0 Å². The monoisotopic (exact) mass is 287 g/mol. The fourth-order valence-electron chi connectivity index (χ4n) is 1.98. The predicted molar refractivity (Wildman–Crippen MR) is 74.4 cm³/mol. The van der Waals surface area contributed by atoms with Crippen molar-refractivity contribution in [3.63, 3.8) is 0 Å². The third kappa shape index (κ3) is 2.46. The Kier molecular flexibility index (Phi) is 2.90. The van der Waals surface area contributed by atoms with Gasteiger partial charge in [0.15, 0.2) is 5.65 Å². The Balaban J connectivity index is 2.01. The highest BCUT2D eigenvalue weighted by Gasteiger charge is 2.08. The third-order valence-electron chi connectivity index (χ3n) is 2.89. The highest BCUT2D eigenvalue weighted by Crippen LogP contribution is 2.24. The zero-order chi connectivity index (χ0) is 15.0. The number of carbonyl (C=O) groups is 1. The van der Waals surface area contributed by atoms with Crippen LogP contribution in [-0.4, -0.2) is 25.8 Å². The van der Waals surface area contributed by atoms with Crippen LogP contribution in [0, 0.1) is 5.82 Å². The lowest BCUT2D eigenvalue weighted by molar-refractivity contribution is 0.209. The standard InChI is InChI=1S/C13H10FN5O2/c14-9-5-7(1-3-10(9)16-13(20)21)8-2-4-11-17-12(15)18-19(11)6-8/h1-6,16H,(H2,15,18)(H,20,21). The normalized spacial score (nSPS) is 10.7. The number of rotatable bonds is 2. The van der Waals surface area contributed by atoms with Gasteiger partial charge in [0.05, 0.1) is 5.69 Å². The molecule has 4 N–H and O–H groups in total. The molecule has 3 rings (SSSR count). The summed E-state index contributed by atoms with van der Waals surface area (Å²) >= 11 is 0. The Morgan fingerprint density at radius 3 is 2.76 bits per heavy atom. The summed E-state index contributed by atoms with van der Waals surface area (Å²) in [6.07, 6.45) is 0.346. The average Bonchev–Trinajstić information content (AvgIpc) is 2.79. The molecule has 0 saturated carbocycles. The minimum absolute atomic E-state index is 0.0997. The van der Waals surface area contributed by atoms with Gasteiger partial charge in [0.1, 0.15) is 5.82 Å². The van der Waals surface area contributed by atoms with E-state index in [9.17, 15) is 9.18 Å². The van der Waals surface area contributed by atoms with E-state index < -0.39 is 11.9 Å². The van der Waals surface area contributed by atoms with Crippen LogP contribution in [0.2, 0.25) is 0 Å². The second-order valence-corrected chi connectivity index (χ2v) is 4.32. The van der Waals surface area contributed by atoms with Crippen LogP contribution in [0.3, 0.4) is 0 Å². The number of nitrogens with zero attached hydrogens (tertiary/aromatic N) is 3. The first kappa shape index (κ1) is 12.9. The van der Waals surface area contributed by atoms with Gasteiger partial charge in [-0.05, 0) is 29.8 Å². The fraction of sp³-hybridized carbons (Fsp3) is 0. The first-order chi connectivity index (χ1) is 10.0. The lowest BCUT2D eigenvalue weighted by atomic mass is 10.1. The summed E-state index contributed by atoms with van der Waals surface area (Å²) in [4.78, 5) is 14.5. The highest BCUT2D eigenvalue weighted by molar-refractivity contribution is 5.83. The minimum Gasteiger partial charge on any atom is -0.465 e. The summed E-state index contributed by atoms with van der Waals surface area (Å²) in [7, 11) is 0. The molecule has 0 unspecified atom stereocenters. The number of fused-ring (bicyclic) bond motifs is 1. The molecule has 0 aliphatic carbocycles. The van der Waals surface area contributed by atoms with E-state index in [-0.39, 0.29) is 11.6 Å². The zero-order valence-electron chi connectivity index (χ0n) is 10.6. The van der Waals surface area contributed by atoms with Crippen molar-refractivity contribution in [1.82, 2.24) is 14.6 Å². The number of hydrogen-bond donors (Lipinski definition) is 3. The SMILES string of the molecule is Nc1nc2ccc(-c3ccc(NC(=O)O)c(F)c3)cn2n1. The molecule has 21 heavy (non-hydrogen) atoms. The molecule has 1 amide bonds. The third-order valence-corrected chi connectivity index (χ3v) is 2.89. The summed E-state index contributed by atoms with van der Waals surface area (Å²) in [5.74, 6) is -0.507. The largest absolute Gasteiger partial charge is 0.465 e. The maximum atomic E-state index is 13.8. The van der Waals surface area contributed by atoms with Gasteiger partial charge in [0.25, 0.3) is 0 Å². The van der Waals surface area contributed by atoms with Gasteiger partial charge < -0.3 is 10.8 Å². The molecular weight excluding hydrogens is 277 g/mol. The molecule has 106 valence electrons. The summed E-state index contributed by atoms with van der Waals surface area (Å²) < 4.78 is 15.3. The molecule has 2 heterocycles. The molecule has 0 saturated heterocycles. The number of anilines is 2. The number of nitrogens with one attached hydrogen (secondary N) is 1. The van der Waals surface area contributed by atoms with Gasteiger partial charge in [-0.15, -0.1) is 5.10 Å². The van der Waals surface area contributed by atoms with Gasteiger partial charge in [-0.2, -0.15) is 4.98 Å². The Morgan fingerprint density at radius 1 is 1.29 bits per heavy atom. The van der Waals surface area contributed by atoms with E-state index in [1.807, 2.05) is 5.32 Å². The van der Waals surface area contributed by atoms with E-state index in [2.05, 4.69) is 10.1 Å². The number of nitrogens with two attached hydrogens (primary N) is 1. The van der Waals surface area contributed by atoms with Crippen molar-refractivity contribution in [3.8, 4) is 11.1 Å². The van der Waals surface area contributed by atoms with E-state index in [4.69, 9.17) is 10.8 Å². The van der Waals surface area contributed by atoms with Crippen LogP contribution in [0.15, 0.2) is 36.5 Å². The van der Waals surface area contributed by atoms with Gasteiger partial charge in [0.2, 0.25) is 5.95 Å². The van der Waals surface area contributed by atoms with Gasteiger partial charge >= 0.3 is 6.09 Å². The van der Waals surface area contributed by atoms with Gasteiger partial charge in [-0.3, -0.25) is 5.32 Å². The molecular formula is C13H10FN5O2. The lowest BCUT2D eigenvalue weighted by Crippen LogP contribution is -2.08. The molecule has 0 radical (unpaired) electrons. The smallest absolute Gasteiger partial charge is 0.409 e. The fourth-order valence-corrected chi connectivity index (χ4v) is 1.98. The van der Waals surface area contributed by atoms with E-state index >= 15 is 0 Å². The number of nitrogen functional groups attached to an aromatic ring is 1. The Labute approximate surface area is 117 Å². The Hall–Kier alpha value is -3.16. The number of carboxylic acid groups (broad SMARTS) is 1. The number of benzene rings is 1. The van der Waals surface area contributed by atoms with Crippen LogP contribution in [-0.2, 0) is 0 Å². The number of amides is 1. The second kappa shape index (κ2) is 4.75. The summed E-state index contributed by atoms with van der Waals surface area (Å²) in [5, 5.41) is 14.6. The van der Waals surface area contributed by atoms with Crippen LogP contribution in [0.25, 0.3) is 16.8 Å². The number of halogens is 1. The first-order valence-electron chi connectivity index (χ1n) is 5.95. The second-order valence-electron chi connectivity index (χ2n) is 4.32. The maximum Gasteiger partial charge on any atom is 0.409 e. The van der Waals surface area contributed by atoms with E-state index in [0.29, 0.717) is 16.8 Å². The van der Waals surface area contributed by atoms with Crippen molar-refractivity contribution in [1.29, 1.82) is 0 Å². The van der Waals surface area contributed by atoms with Crippen LogP contribution < -0.4 is 11.1 Å². The maximum absolute atomic E-state index is 13.8. The Bertz CT molecular complexity index is 846. The van der Waals surface area contributed by atoms with Crippen molar-refractivity contribution >= 4 is 23.4 Å². The summed E-state index contributed by atoms with van der Waals surface area (Å²) in [5.41, 5.74) is 7.27. The topological polar surface area (TPSA) is 106 Å². The Morgan fingerprint density at radius 2 is 2.05 bits per heavy atom. The quantitative estimate of drug-likeness (QED) is 0.670. The van der Waals surface area contributed by atoms with Crippen molar-refractivity contribution in [2.75, 3.05) is 11.1 Å². The van der Waals surface area contributed by atoms with E-state index in [1.54, 1.807) is 24.4 Å². The average molecular weight is 287 g/mol. The van der Waals surface area contributed by atoms with Crippen molar-refractivity contribution in [2.24, 2.45) is 0 Å². The van der Waals surface area contributed by atoms with Crippen molar-refractivity contribution < 1.29 is 14.3 Å². The molecule has 0 spiro atoms. The zero-order valence-corrected chi connectivity index (χ0v) is 10.6. The van der Waals surface area contributed by atoms with E-state index in [1.165, 1.54) is 16.6 Å². The number of pyridine rings is 1. The van der Waals surface area contributed by atoms with Crippen LogP contribution >= 0.6 is 0 Å². The first-order valence-corrected chi connectivity index (χ1v) is 5.95. The van der Waals surface area contributed by atoms with Crippen LogP contribution in [0.4, 0.5) is 20.8 Å². The van der Waals surface area contributed by atoms with Crippen molar-refractivity contribution in [3.05, 3.63) is 42.3 Å². The number of hydrogen-bond acceptors (Lipinski definition) is 4. The molecule has 8 heteroatoms.